The summed E-state index contributed by atoms with van der Waals surface area (Å²) in [4.78, 5) is 8.21. The molecule has 0 saturated heterocycles. The molecule has 1 saturated carbocycles. The molecule has 1 aromatic heterocycles. The summed E-state index contributed by atoms with van der Waals surface area (Å²) in [6.45, 7) is 4.26. The minimum absolute atomic E-state index is 0.239. The molecule has 5 nitrogen and oxygen atoms in total. The molecule has 5 heteroatoms. The van der Waals surface area contributed by atoms with E-state index in [2.05, 4.69) is 21.9 Å². The van der Waals surface area contributed by atoms with Crippen LogP contribution in [-0.4, -0.2) is 22.6 Å². The van der Waals surface area contributed by atoms with Crippen LogP contribution in [0.5, 0.6) is 5.88 Å². The molecule has 1 aromatic rings. The maximum Gasteiger partial charge on any atom is 0.242 e. The van der Waals surface area contributed by atoms with Crippen LogP contribution in [0.3, 0.4) is 0 Å². The molecular weight excluding hydrogens is 228 g/mol. The Bertz CT molecular complexity index is 402. The lowest BCUT2D eigenvalue weighted by atomic mass is 9.98. The Balaban J connectivity index is 2.04. The van der Waals surface area contributed by atoms with Gasteiger partial charge in [-0.05, 0) is 25.7 Å². The highest BCUT2D eigenvalue weighted by molar-refractivity contribution is 5.66. The maximum absolute atomic E-state index is 5.99. The molecule has 0 atom stereocenters. The van der Waals surface area contributed by atoms with Crippen LogP contribution in [0.1, 0.15) is 32.1 Å². The quantitative estimate of drug-likeness (QED) is 0.783. The predicted molar refractivity (Wildman–Crippen MR) is 72.6 cm³/mol. The smallest absolute Gasteiger partial charge is 0.242 e. The summed E-state index contributed by atoms with van der Waals surface area (Å²) in [6, 6.07) is 0. The number of hydrogen-bond acceptors (Lipinski definition) is 5. The van der Waals surface area contributed by atoms with Gasteiger partial charge >= 0.3 is 0 Å². The molecule has 1 aliphatic carbocycles. The standard InChI is InChI=1S/C13H20N4O/c1-2-8-15-12-11(14)13(17-9-16-12)18-10-6-4-3-5-7-10/h2,9-10H,1,3-8,14H2,(H,15,16,17). The third-order valence-corrected chi connectivity index (χ3v) is 3.09. The minimum atomic E-state index is 0.239. The molecule has 1 fully saturated rings. The van der Waals surface area contributed by atoms with Crippen LogP contribution in [0, 0.1) is 0 Å². The van der Waals surface area contributed by atoms with E-state index in [1.54, 1.807) is 6.08 Å². The van der Waals surface area contributed by atoms with E-state index in [0.717, 1.165) is 12.8 Å². The molecule has 2 rings (SSSR count). The van der Waals surface area contributed by atoms with E-state index in [-0.39, 0.29) is 6.10 Å². The van der Waals surface area contributed by atoms with Crippen LogP contribution >= 0.6 is 0 Å². The summed E-state index contributed by atoms with van der Waals surface area (Å²) in [6.07, 6.45) is 9.36. The van der Waals surface area contributed by atoms with Gasteiger partial charge in [-0.15, -0.1) is 6.58 Å². The first-order valence-electron chi connectivity index (χ1n) is 6.43. The van der Waals surface area contributed by atoms with Gasteiger partial charge in [-0.2, -0.15) is 4.98 Å². The molecule has 0 bridgehead atoms. The topological polar surface area (TPSA) is 73.1 Å². The SMILES string of the molecule is C=CCNc1ncnc(OC2CCCCC2)c1N. The highest BCUT2D eigenvalue weighted by atomic mass is 16.5. The van der Waals surface area contributed by atoms with E-state index in [4.69, 9.17) is 10.5 Å². The summed E-state index contributed by atoms with van der Waals surface area (Å²) in [7, 11) is 0. The van der Waals surface area contributed by atoms with Gasteiger partial charge in [-0.25, -0.2) is 4.98 Å². The third kappa shape index (κ3) is 3.12. The number of nitrogens with two attached hydrogens (primary N) is 1. The van der Waals surface area contributed by atoms with Crippen molar-refractivity contribution >= 4 is 11.5 Å². The lowest BCUT2D eigenvalue weighted by Crippen LogP contribution is -2.21. The van der Waals surface area contributed by atoms with Gasteiger partial charge in [0, 0.05) is 6.54 Å². The van der Waals surface area contributed by atoms with Gasteiger partial charge in [0.25, 0.3) is 0 Å². The van der Waals surface area contributed by atoms with Crippen molar-refractivity contribution in [2.24, 2.45) is 0 Å². The van der Waals surface area contributed by atoms with Crippen molar-refractivity contribution in [3.8, 4) is 5.88 Å². The van der Waals surface area contributed by atoms with Gasteiger partial charge in [0.05, 0.1) is 0 Å². The van der Waals surface area contributed by atoms with Gasteiger partial charge in [0.15, 0.2) is 5.82 Å². The number of nitrogens with one attached hydrogen (secondary N) is 1. The second kappa shape index (κ2) is 6.23. The van der Waals surface area contributed by atoms with E-state index in [1.165, 1.54) is 25.6 Å². The number of nitrogen functional groups attached to an aromatic ring is 1. The fourth-order valence-corrected chi connectivity index (χ4v) is 2.12. The summed E-state index contributed by atoms with van der Waals surface area (Å²) >= 11 is 0. The molecule has 0 radical (unpaired) electrons. The number of rotatable bonds is 5. The van der Waals surface area contributed by atoms with E-state index >= 15 is 0 Å². The zero-order chi connectivity index (χ0) is 12.8. The minimum Gasteiger partial charge on any atom is -0.473 e. The molecule has 0 aromatic carbocycles. The van der Waals surface area contributed by atoms with Gasteiger partial charge < -0.3 is 15.8 Å². The van der Waals surface area contributed by atoms with Gasteiger partial charge in [-0.1, -0.05) is 12.5 Å². The van der Waals surface area contributed by atoms with E-state index in [0.29, 0.717) is 23.9 Å². The largest absolute Gasteiger partial charge is 0.473 e. The van der Waals surface area contributed by atoms with Crippen LogP contribution in [0.15, 0.2) is 19.0 Å². The second-order valence-electron chi connectivity index (χ2n) is 4.49. The molecule has 3 N–H and O–H groups in total. The van der Waals surface area contributed by atoms with Crippen LogP contribution in [-0.2, 0) is 0 Å². The first-order chi connectivity index (χ1) is 8.81. The summed E-state index contributed by atoms with van der Waals surface area (Å²) in [5, 5.41) is 3.07. The molecular formula is C13H20N4O. The third-order valence-electron chi connectivity index (χ3n) is 3.09. The molecule has 0 unspecified atom stereocenters. The zero-order valence-electron chi connectivity index (χ0n) is 10.6. The number of aromatic nitrogens is 2. The van der Waals surface area contributed by atoms with Gasteiger partial charge in [0.2, 0.25) is 5.88 Å². The Labute approximate surface area is 107 Å². The first kappa shape index (κ1) is 12.7. The van der Waals surface area contributed by atoms with Crippen LogP contribution in [0.2, 0.25) is 0 Å². The van der Waals surface area contributed by atoms with Crippen molar-refractivity contribution in [1.29, 1.82) is 0 Å². The summed E-state index contributed by atoms with van der Waals surface area (Å²) in [5.74, 6) is 1.10. The van der Waals surface area contributed by atoms with E-state index < -0.39 is 0 Å². The van der Waals surface area contributed by atoms with E-state index in [9.17, 15) is 0 Å². The van der Waals surface area contributed by atoms with E-state index in [1.807, 2.05) is 0 Å². The Morgan fingerprint density at radius 3 is 2.89 bits per heavy atom. The van der Waals surface area contributed by atoms with Gasteiger partial charge in [0.1, 0.15) is 18.1 Å². The highest BCUT2D eigenvalue weighted by Gasteiger charge is 2.18. The lowest BCUT2D eigenvalue weighted by molar-refractivity contribution is 0.149. The molecule has 0 amide bonds. The van der Waals surface area contributed by atoms with Crippen molar-refractivity contribution in [1.82, 2.24) is 9.97 Å². The van der Waals surface area contributed by atoms with Crippen LogP contribution in [0.4, 0.5) is 11.5 Å². The van der Waals surface area contributed by atoms with Crippen molar-refractivity contribution in [2.75, 3.05) is 17.6 Å². The number of ether oxygens (including phenoxy) is 1. The highest BCUT2D eigenvalue weighted by Crippen LogP contribution is 2.28. The summed E-state index contributed by atoms with van der Waals surface area (Å²) in [5.41, 5.74) is 6.47. The zero-order valence-corrected chi connectivity index (χ0v) is 10.6. The van der Waals surface area contributed by atoms with Crippen molar-refractivity contribution in [2.45, 2.75) is 38.2 Å². The Kier molecular flexibility index (Phi) is 4.39. The summed E-state index contributed by atoms with van der Waals surface area (Å²) < 4.78 is 5.86. The predicted octanol–water partition coefficient (Wildman–Crippen LogP) is 2.37. The number of hydrogen-bond donors (Lipinski definition) is 2. The molecule has 0 spiro atoms. The van der Waals surface area contributed by atoms with Crippen molar-refractivity contribution < 1.29 is 4.74 Å². The lowest BCUT2D eigenvalue weighted by Gasteiger charge is -2.23. The van der Waals surface area contributed by atoms with Crippen molar-refractivity contribution in [3.63, 3.8) is 0 Å². The Morgan fingerprint density at radius 1 is 1.39 bits per heavy atom. The Hall–Kier alpha value is -1.78. The molecule has 1 aliphatic rings. The Morgan fingerprint density at radius 2 is 2.17 bits per heavy atom. The normalized spacial score (nSPS) is 16.2. The number of anilines is 2. The van der Waals surface area contributed by atoms with Crippen molar-refractivity contribution in [3.05, 3.63) is 19.0 Å². The molecule has 0 aliphatic heterocycles. The van der Waals surface area contributed by atoms with Gasteiger partial charge in [-0.3, -0.25) is 0 Å². The van der Waals surface area contributed by atoms with Crippen LogP contribution < -0.4 is 15.8 Å². The fraction of sp³-hybridized carbons (Fsp3) is 0.538. The molecule has 1 heterocycles. The molecule has 98 valence electrons. The average molecular weight is 248 g/mol. The monoisotopic (exact) mass is 248 g/mol. The van der Waals surface area contributed by atoms with Crippen LogP contribution in [0.25, 0.3) is 0 Å². The number of nitrogens with zero attached hydrogens (tertiary/aromatic N) is 2. The molecule has 18 heavy (non-hydrogen) atoms. The maximum atomic E-state index is 5.99. The first-order valence-corrected chi connectivity index (χ1v) is 6.43. The average Bonchev–Trinajstić information content (AvgIpc) is 2.41. The fourth-order valence-electron chi connectivity index (χ4n) is 2.12. The second-order valence-corrected chi connectivity index (χ2v) is 4.49.